The molecule has 0 saturated heterocycles. The van der Waals surface area contributed by atoms with Crippen LogP contribution < -0.4 is 0 Å². The van der Waals surface area contributed by atoms with Gasteiger partial charge in [0.05, 0.1) is 8.22 Å². The van der Waals surface area contributed by atoms with Crippen LogP contribution in [0.2, 0.25) is 0 Å². The van der Waals surface area contributed by atoms with E-state index in [4.69, 9.17) is 8.22 Å². The van der Waals surface area contributed by atoms with E-state index >= 15 is 0 Å². The topological polar surface area (TPSA) is 0 Å². The molecule has 1 rings (SSSR count). The molecule has 0 radical (unpaired) electrons. The lowest BCUT2D eigenvalue weighted by molar-refractivity contribution is 0.485. The first-order chi connectivity index (χ1) is 6.68. The van der Waals surface area contributed by atoms with Gasteiger partial charge in [-0.1, -0.05) is 28.0 Å². The number of halogens is 2. The summed E-state index contributed by atoms with van der Waals surface area (Å²) >= 11 is 2.82. The van der Waals surface area contributed by atoms with E-state index in [9.17, 15) is 4.39 Å². The van der Waals surface area contributed by atoms with Gasteiger partial charge >= 0.3 is 0 Å². The molecule has 0 aliphatic rings. The van der Waals surface area contributed by atoms with Gasteiger partial charge in [-0.15, -0.1) is 0 Å². The van der Waals surface area contributed by atoms with Gasteiger partial charge in [0.2, 0.25) is 0 Å². The molecule has 0 atom stereocenters. The fourth-order valence-corrected chi connectivity index (χ4v) is 0.543. The summed E-state index contributed by atoms with van der Waals surface area (Å²) in [4.78, 5) is 0. The van der Waals surface area contributed by atoms with E-state index in [1.807, 2.05) is 0 Å². The van der Waals surface area contributed by atoms with Crippen LogP contribution in [0, 0.1) is 0 Å². The van der Waals surface area contributed by atoms with Crippen LogP contribution in [0.4, 0.5) is 4.39 Å². The number of hydrogen-bond acceptors (Lipinski definition) is 0. The molecular weight excluding hydrogens is 183 g/mol. The van der Waals surface area contributed by atoms with Gasteiger partial charge in [-0.05, 0) is 17.6 Å². The predicted octanol–water partition coefficient (Wildman–Crippen LogP) is 2.92. The lowest BCUT2D eigenvalue weighted by atomic mass is 10.2. The third kappa shape index (κ3) is 1.79. The molecule has 0 amide bonds. The number of benzene rings is 1. The van der Waals surface area contributed by atoms with Gasteiger partial charge in [0.25, 0.3) is 0 Å². The van der Waals surface area contributed by atoms with Crippen LogP contribution in [0.15, 0.2) is 28.6 Å². The molecule has 9 heavy (non-hydrogen) atoms. The number of alkyl halides is 1. The maximum Gasteiger partial charge on any atom is 0.115 e. The highest BCUT2D eigenvalue weighted by atomic mass is 79.9. The molecule has 0 heterocycles. The summed E-state index contributed by atoms with van der Waals surface area (Å²) in [5, 5.41) is 0. The van der Waals surface area contributed by atoms with E-state index in [0.29, 0.717) is 0 Å². The molecular formula is C7H6BrF. The maximum absolute atomic E-state index is 13.0. The first-order valence-corrected chi connectivity index (χ1v) is 2.92. The van der Waals surface area contributed by atoms with Gasteiger partial charge in [0.1, 0.15) is 6.63 Å². The monoisotopic (exact) mass is 194 g/mol. The molecule has 0 saturated carbocycles. The first kappa shape index (κ1) is 2.35. The Balaban J connectivity index is 3.68. The van der Waals surface area contributed by atoms with Crippen LogP contribution in [-0.4, -0.2) is 0 Å². The van der Waals surface area contributed by atoms with Crippen molar-refractivity contribution < 1.29 is 12.6 Å². The highest BCUT2D eigenvalue weighted by molar-refractivity contribution is 9.10. The Morgan fingerprint density at radius 1 is 1.56 bits per heavy atom. The largest absolute Gasteiger partial charge is 0.246 e. The zero-order chi connectivity index (χ0) is 12.0. The van der Waals surface area contributed by atoms with Crippen molar-refractivity contribution in [2.75, 3.05) is 0 Å². The Morgan fingerprint density at radius 2 is 2.11 bits per heavy atom. The standard InChI is InChI=1S/C7H6BrF/c8-7-3-1-6(5-9)2-4-7/h1-4H,5H2/i1D,2D,3D,4D,5D2. The summed E-state index contributed by atoms with van der Waals surface area (Å²) in [7, 11) is 0. The molecule has 0 fully saturated rings. The third-order valence-electron chi connectivity index (χ3n) is 0.689. The van der Waals surface area contributed by atoms with Gasteiger partial charge in [-0.2, -0.15) is 0 Å². The minimum Gasteiger partial charge on any atom is -0.246 e. The molecule has 1 aromatic rings. The quantitative estimate of drug-likeness (QED) is 0.646. The smallest absolute Gasteiger partial charge is 0.115 e. The zero-order valence-electron chi connectivity index (χ0n) is 10.3. The summed E-state index contributed by atoms with van der Waals surface area (Å²) in [6.07, 6.45) is 0. The van der Waals surface area contributed by atoms with Gasteiger partial charge in [0.15, 0.2) is 0 Å². The van der Waals surface area contributed by atoms with Crippen LogP contribution in [-0.2, 0) is 6.63 Å². The fourth-order valence-electron chi connectivity index (χ4n) is 0.344. The molecule has 0 aliphatic carbocycles. The average Bonchev–Trinajstić information content (AvgIpc) is 2.09. The van der Waals surface area contributed by atoms with Crippen molar-refractivity contribution in [3.63, 3.8) is 0 Å². The van der Waals surface area contributed by atoms with Crippen LogP contribution in [0.1, 0.15) is 13.8 Å². The number of hydrogen-bond donors (Lipinski definition) is 0. The predicted molar refractivity (Wildman–Crippen MR) is 39.0 cm³/mol. The zero-order valence-corrected chi connectivity index (χ0v) is 5.84. The highest BCUT2D eigenvalue weighted by Gasteiger charge is 1.88. The molecule has 0 nitrogen and oxygen atoms in total. The van der Waals surface area contributed by atoms with Crippen molar-refractivity contribution >= 4 is 15.9 Å². The van der Waals surface area contributed by atoms with Gasteiger partial charge in [-0.3, -0.25) is 0 Å². The lowest BCUT2D eigenvalue weighted by Crippen LogP contribution is -1.74. The Kier molecular flexibility index (Phi) is 0.774. The SMILES string of the molecule is [2H]c1c([2H])c(C([2H])([2H])F)c([2H])c([2H])c1Br. The van der Waals surface area contributed by atoms with Gasteiger partial charge in [-0.25, -0.2) is 4.39 Å². The summed E-state index contributed by atoms with van der Waals surface area (Å²) in [5.74, 6) is 0. The Labute approximate surface area is 70.3 Å². The van der Waals surface area contributed by atoms with Crippen LogP contribution >= 0.6 is 15.9 Å². The first-order valence-electron chi connectivity index (χ1n) is 5.13. The van der Waals surface area contributed by atoms with Crippen molar-refractivity contribution in [2.24, 2.45) is 0 Å². The highest BCUT2D eigenvalue weighted by Crippen LogP contribution is 2.10. The van der Waals surface area contributed by atoms with Crippen molar-refractivity contribution in [2.45, 2.75) is 6.63 Å². The molecule has 0 aromatic heterocycles. The third-order valence-corrected chi connectivity index (χ3v) is 1.09. The lowest BCUT2D eigenvalue weighted by Gasteiger charge is -1.91. The molecule has 1 aromatic carbocycles. The Hall–Kier alpha value is -0.370. The normalized spacial score (nSPS) is 20.7. The Morgan fingerprint density at radius 3 is 2.56 bits per heavy atom. The maximum atomic E-state index is 13.0. The van der Waals surface area contributed by atoms with Crippen LogP contribution in [0.5, 0.6) is 0 Å². The second-order valence-electron chi connectivity index (χ2n) is 1.28. The summed E-state index contributed by atoms with van der Waals surface area (Å²) < 4.78 is 55.9. The molecule has 48 valence electrons. The molecule has 0 bridgehead atoms. The minimum absolute atomic E-state index is 0.106. The number of rotatable bonds is 1. The molecule has 0 spiro atoms. The van der Waals surface area contributed by atoms with Crippen molar-refractivity contribution in [3.05, 3.63) is 34.2 Å². The molecule has 0 aliphatic heterocycles. The van der Waals surface area contributed by atoms with E-state index in [1.54, 1.807) is 0 Å². The van der Waals surface area contributed by atoms with E-state index < -0.39 is 36.4 Å². The fraction of sp³-hybridized carbons (Fsp3) is 0.143. The van der Waals surface area contributed by atoms with Gasteiger partial charge < -0.3 is 0 Å². The minimum atomic E-state index is -3.39. The molecule has 2 heteroatoms. The summed E-state index contributed by atoms with van der Waals surface area (Å²) in [6, 6.07) is -2.41. The van der Waals surface area contributed by atoms with Crippen molar-refractivity contribution in [1.82, 2.24) is 0 Å². The van der Waals surface area contributed by atoms with Crippen LogP contribution in [0.3, 0.4) is 0 Å². The van der Waals surface area contributed by atoms with E-state index in [2.05, 4.69) is 15.9 Å². The molecule has 0 unspecified atom stereocenters. The van der Waals surface area contributed by atoms with Gasteiger partial charge in [0, 0.05) is 4.47 Å². The second-order valence-corrected chi connectivity index (χ2v) is 2.08. The second kappa shape index (κ2) is 2.97. The summed E-state index contributed by atoms with van der Waals surface area (Å²) in [6.45, 7) is -3.39. The average molecular weight is 195 g/mol. The van der Waals surface area contributed by atoms with E-state index in [-0.39, 0.29) is 4.47 Å². The molecule has 0 N–H and O–H groups in total. The van der Waals surface area contributed by atoms with E-state index in [1.165, 1.54) is 0 Å². The van der Waals surface area contributed by atoms with E-state index in [0.717, 1.165) is 0 Å². The Bertz CT molecular complexity index is 384. The summed E-state index contributed by atoms with van der Waals surface area (Å²) in [5.41, 5.74) is -0.874. The van der Waals surface area contributed by atoms with Crippen molar-refractivity contribution in [3.8, 4) is 0 Å². The van der Waals surface area contributed by atoms with Crippen molar-refractivity contribution in [1.29, 1.82) is 0 Å². The van der Waals surface area contributed by atoms with Crippen LogP contribution in [0.25, 0.3) is 0 Å².